The molecule has 0 saturated heterocycles. The van der Waals surface area contributed by atoms with Gasteiger partial charge in [-0.1, -0.05) is 0 Å². The van der Waals surface area contributed by atoms with Crippen molar-refractivity contribution in [2.75, 3.05) is 6.54 Å². The second-order valence-corrected chi connectivity index (χ2v) is 7.37. The molecule has 0 bridgehead atoms. The number of hydrogen-bond donors (Lipinski definition) is 2. The van der Waals surface area contributed by atoms with Crippen LogP contribution in [0, 0.1) is 6.92 Å². The van der Waals surface area contributed by atoms with Crippen LogP contribution in [0.2, 0.25) is 0 Å². The standard InChI is InChI=1S/C11H14N4O4S2/c1-7-10(11(16)17)14-9(20-7)3-4-13-21(18,19)8-5-12-15(2)6-8/h5-6,13H,3-4H2,1-2H3,(H,16,17). The van der Waals surface area contributed by atoms with Crippen LogP contribution in [0.5, 0.6) is 0 Å². The van der Waals surface area contributed by atoms with Crippen molar-refractivity contribution in [1.29, 1.82) is 0 Å². The number of sulfonamides is 1. The number of aryl methyl sites for hydroxylation is 2. The summed E-state index contributed by atoms with van der Waals surface area (Å²) in [4.78, 5) is 15.5. The van der Waals surface area contributed by atoms with Gasteiger partial charge in [-0.2, -0.15) is 5.10 Å². The highest BCUT2D eigenvalue weighted by Crippen LogP contribution is 2.17. The number of aromatic carboxylic acids is 1. The third-order valence-corrected chi connectivity index (χ3v) is 5.11. The number of aromatic nitrogens is 3. The first-order valence-electron chi connectivity index (χ1n) is 5.97. The zero-order chi connectivity index (χ0) is 15.6. The summed E-state index contributed by atoms with van der Waals surface area (Å²) in [5.74, 6) is -1.08. The molecule has 2 aromatic heterocycles. The molecule has 114 valence electrons. The minimum Gasteiger partial charge on any atom is -0.476 e. The number of nitrogens with zero attached hydrogens (tertiary/aromatic N) is 3. The Hall–Kier alpha value is -1.78. The van der Waals surface area contributed by atoms with Crippen LogP contribution in [0.4, 0.5) is 0 Å². The van der Waals surface area contributed by atoms with Gasteiger partial charge < -0.3 is 5.11 Å². The van der Waals surface area contributed by atoms with Crippen molar-refractivity contribution in [2.24, 2.45) is 7.05 Å². The van der Waals surface area contributed by atoms with Crippen molar-refractivity contribution in [3.63, 3.8) is 0 Å². The molecule has 0 fully saturated rings. The molecule has 0 unspecified atom stereocenters. The molecular weight excluding hydrogens is 316 g/mol. The highest BCUT2D eigenvalue weighted by atomic mass is 32.2. The van der Waals surface area contributed by atoms with Gasteiger partial charge in [0.25, 0.3) is 0 Å². The van der Waals surface area contributed by atoms with Crippen LogP contribution in [0.3, 0.4) is 0 Å². The summed E-state index contributed by atoms with van der Waals surface area (Å²) in [6, 6.07) is 0. The Morgan fingerprint density at radius 2 is 2.24 bits per heavy atom. The summed E-state index contributed by atoms with van der Waals surface area (Å²) >= 11 is 1.25. The Morgan fingerprint density at radius 3 is 2.76 bits per heavy atom. The molecule has 0 aliphatic rings. The number of carboxylic acids is 1. The van der Waals surface area contributed by atoms with Crippen LogP contribution in [0.25, 0.3) is 0 Å². The third kappa shape index (κ3) is 3.65. The van der Waals surface area contributed by atoms with Gasteiger partial charge in [-0.15, -0.1) is 11.3 Å². The van der Waals surface area contributed by atoms with E-state index in [0.29, 0.717) is 16.3 Å². The normalized spacial score (nSPS) is 11.7. The van der Waals surface area contributed by atoms with E-state index in [-0.39, 0.29) is 17.1 Å². The smallest absolute Gasteiger partial charge is 0.355 e. The van der Waals surface area contributed by atoms with Crippen LogP contribution in [-0.4, -0.2) is 40.8 Å². The van der Waals surface area contributed by atoms with E-state index in [4.69, 9.17) is 5.11 Å². The lowest BCUT2D eigenvalue weighted by Gasteiger charge is -2.02. The molecule has 0 aliphatic carbocycles. The van der Waals surface area contributed by atoms with Gasteiger partial charge >= 0.3 is 5.97 Å². The summed E-state index contributed by atoms with van der Waals surface area (Å²) in [6.45, 7) is 1.81. The maximum absolute atomic E-state index is 11.9. The van der Waals surface area contributed by atoms with E-state index in [1.54, 1.807) is 14.0 Å². The number of rotatable bonds is 6. The van der Waals surface area contributed by atoms with E-state index >= 15 is 0 Å². The van der Waals surface area contributed by atoms with E-state index in [1.807, 2.05) is 0 Å². The molecule has 2 rings (SSSR count). The minimum absolute atomic E-state index is 0.0186. The van der Waals surface area contributed by atoms with Crippen LogP contribution in [0.15, 0.2) is 17.3 Å². The number of thiazole rings is 1. The zero-order valence-corrected chi connectivity index (χ0v) is 13.0. The van der Waals surface area contributed by atoms with Gasteiger partial charge in [0, 0.05) is 31.1 Å². The van der Waals surface area contributed by atoms with Gasteiger partial charge in [-0.3, -0.25) is 4.68 Å². The molecule has 0 radical (unpaired) electrons. The molecule has 0 amide bonds. The summed E-state index contributed by atoms with van der Waals surface area (Å²) in [7, 11) is -1.97. The number of nitrogens with one attached hydrogen (secondary N) is 1. The summed E-state index contributed by atoms with van der Waals surface area (Å²) in [5, 5.41) is 13.3. The molecule has 2 N–H and O–H groups in total. The van der Waals surface area contributed by atoms with Gasteiger partial charge in [-0.05, 0) is 6.92 Å². The van der Waals surface area contributed by atoms with Crippen molar-refractivity contribution in [3.8, 4) is 0 Å². The first-order valence-corrected chi connectivity index (χ1v) is 8.27. The van der Waals surface area contributed by atoms with E-state index in [1.165, 1.54) is 28.4 Å². The predicted octanol–water partition coefficient (Wildman–Crippen LogP) is 0.404. The molecule has 0 aliphatic heterocycles. The maximum Gasteiger partial charge on any atom is 0.355 e. The summed E-state index contributed by atoms with van der Waals surface area (Å²) in [6.07, 6.45) is 3.00. The lowest BCUT2D eigenvalue weighted by Crippen LogP contribution is -2.25. The van der Waals surface area contributed by atoms with Crippen molar-refractivity contribution in [3.05, 3.63) is 28.0 Å². The quantitative estimate of drug-likeness (QED) is 0.792. The monoisotopic (exact) mass is 330 g/mol. The Bertz CT molecular complexity index is 763. The maximum atomic E-state index is 11.9. The first-order chi connectivity index (χ1) is 9.79. The van der Waals surface area contributed by atoms with Crippen molar-refractivity contribution in [2.45, 2.75) is 18.2 Å². The Morgan fingerprint density at radius 1 is 1.52 bits per heavy atom. The third-order valence-electron chi connectivity index (χ3n) is 2.67. The fourth-order valence-electron chi connectivity index (χ4n) is 1.67. The van der Waals surface area contributed by atoms with E-state index < -0.39 is 16.0 Å². The summed E-state index contributed by atoms with van der Waals surface area (Å²) in [5.41, 5.74) is 0.0186. The molecule has 10 heteroatoms. The van der Waals surface area contributed by atoms with Gasteiger partial charge in [0.2, 0.25) is 10.0 Å². The Labute approximate surface area is 125 Å². The van der Waals surface area contributed by atoms with Crippen LogP contribution < -0.4 is 4.72 Å². The molecule has 0 saturated carbocycles. The molecule has 2 aromatic rings. The first kappa shape index (κ1) is 15.6. The van der Waals surface area contributed by atoms with Gasteiger partial charge in [0.15, 0.2) is 5.69 Å². The topological polar surface area (TPSA) is 114 Å². The lowest BCUT2D eigenvalue weighted by molar-refractivity contribution is 0.0690. The highest BCUT2D eigenvalue weighted by Gasteiger charge is 2.17. The molecule has 8 nitrogen and oxygen atoms in total. The second kappa shape index (κ2) is 5.92. The highest BCUT2D eigenvalue weighted by molar-refractivity contribution is 7.89. The average Bonchev–Trinajstić information content (AvgIpc) is 2.96. The van der Waals surface area contributed by atoms with Crippen LogP contribution in [0.1, 0.15) is 20.4 Å². The zero-order valence-electron chi connectivity index (χ0n) is 11.4. The van der Waals surface area contributed by atoms with Crippen LogP contribution >= 0.6 is 11.3 Å². The van der Waals surface area contributed by atoms with Gasteiger partial charge in [0.05, 0.1) is 11.2 Å². The molecular formula is C11H14N4O4S2. The fourth-order valence-corrected chi connectivity index (χ4v) is 3.61. The Kier molecular flexibility index (Phi) is 4.40. The number of carbonyl (C=O) groups is 1. The lowest BCUT2D eigenvalue weighted by atomic mass is 10.4. The van der Waals surface area contributed by atoms with Gasteiger partial charge in [-0.25, -0.2) is 22.9 Å². The second-order valence-electron chi connectivity index (χ2n) is 4.32. The number of carboxylic acid groups (broad SMARTS) is 1. The molecule has 0 aromatic carbocycles. The van der Waals surface area contributed by atoms with E-state index in [0.717, 1.165) is 0 Å². The molecule has 0 spiro atoms. The summed E-state index contributed by atoms with van der Waals surface area (Å²) < 4.78 is 27.7. The predicted molar refractivity (Wildman–Crippen MR) is 75.9 cm³/mol. The minimum atomic E-state index is -3.60. The fraction of sp³-hybridized carbons (Fsp3) is 0.364. The largest absolute Gasteiger partial charge is 0.476 e. The Balaban J connectivity index is 1.98. The van der Waals surface area contributed by atoms with Crippen molar-refractivity contribution in [1.82, 2.24) is 19.5 Å². The van der Waals surface area contributed by atoms with E-state index in [9.17, 15) is 13.2 Å². The molecule has 21 heavy (non-hydrogen) atoms. The molecule has 2 heterocycles. The number of hydrogen-bond acceptors (Lipinski definition) is 6. The SMILES string of the molecule is Cc1sc(CCNS(=O)(=O)c2cnn(C)c2)nc1C(=O)O. The van der Waals surface area contributed by atoms with E-state index in [2.05, 4.69) is 14.8 Å². The van der Waals surface area contributed by atoms with Crippen LogP contribution in [-0.2, 0) is 23.5 Å². The average molecular weight is 330 g/mol. The van der Waals surface area contributed by atoms with Gasteiger partial charge in [0.1, 0.15) is 4.90 Å². The van der Waals surface area contributed by atoms with Crippen molar-refractivity contribution >= 4 is 27.3 Å². The molecule has 0 atom stereocenters. The van der Waals surface area contributed by atoms with Crippen molar-refractivity contribution < 1.29 is 18.3 Å².